The zero-order valence-corrected chi connectivity index (χ0v) is 14.2. The van der Waals surface area contributed by atoms with Gasteiger partial charge in [-0.25, -0.2) is 10.2 Å². The van der Waals surface area contributed by atoms with Crippen molar-refractivity contribution in [1.82, 2.24) is 5.43 Å². The van der Waals surface area contributed by atoms with Gasteiger partial charge in [-0.2, -0.15) is 5.10 Å². The lowest BCUT2D eigenvalue weighted by Gasteiger charge is -2.37. The summed E-state index contributed by atoms with van der Waals surface area (Å²) in [6, 6.07) is 9.26. The number of hydrogen-bond donors (Lipinski definition) is 2. The van der Waals surface area contributed by atoms with E-state index in [-0.39, 0.29) is 6.03 Å². The molecule has 0 aromatic heterocycles. The molecule has 6 saturated carbocycles. The number of carbonyl (C=O) groups excluding carboxylic acids is 1. The number of hydrogen-bond acceptors (Lipinski definition) is 2. The molecule has 2 N–H and O–H groups in total. The Kier molecular flexibility index (Phi) is 2.26. The van der Waals surface area contributed by atoms with E-state index in [2.05, 4.69) is 31.8 Å². The number of nitrogens with zero attached hydrogens (tertiary/aromatic N) is 1. The van der Waals surface area contributed by atoms with Gasteiger partial charge in [0.1, 0.15) is 0 Å². The van der Waals surface area contributed by atoms with Crippen LogP contribution in [0.3, 0.4) is 0 Å². The Balaban J connectivity index is 1.25. The monoisotopic (exact) mass is 371 g/mol. The van der Waals surface area contributed by atoms with Crippen LogP contribution in [0.25, 0.3) is 0 Å². The van der Waals surface area contributed by atoms with Gasteiger partial charge in [-0.05, 0) is 54.6 Å². The molecule has 1 aromatic rings. The lowest BCUT2D eigenvalue weighted by atomic mass is 9.71. The number of para-hydroxylation sites is 1. The normalized spacial score (nSPS) is 51.3. The van der Waals surface area contributed by atoms with Crippen molar-refractivity contribution in [1.29, 1.82) is 0 Å². The molecule has 6 fully saturated rings. The van der Waals surface area contributed by atoms with Crippen molar-refractivity contribution in [2.24, 2.45) is 46.5 Å². The van der Waals surface area contributed by atoms with Crippen LogP contribution in [0, 0.1) is 41.4 Å². The first-order chi connectivity index (χ1) is 11.2. The molecule has 0 spiro atoms. The van der Waals surface area contributed by atoms with Gasteiger partial charge in [0, 0.05) is 27.6 Å². The largest absolute Gasteiger partial charge is 0.339 e. The van der Waals surface area contributed by atoms with Gasteiger partial charge < -0.3 is 5.32 Å². The number of anilines is 1. The lowest BCUT2D eigenvalue weighted by molar-refractivity contribution is 0.149. The first kappa shape index (κ1) is 13.0. The third-order valence-corrected chi connectivity index (χ3v) is 8.72. The van der Waals surface area contributed by atoms with Crippen LogP contribution in [0.4, 0.5) is 10.5 Å². The predicted molar refractivity (Wildman–Crippen MR) is 91.4 cm³/mol. The summed E-state index contributed by atoms with van der Waals surface area (Å²) in [5.74, 6) is 5.53. The topological polar surface area (TPSA) is 53.5 Å². The standard InChI is InChI=1S/C18H18BrN3O/c19-18-7-11-9-6-10-12(11)15(18)16(13(10)14(9)18)21-22-17(23)20-8-4-2-1-3-5-8/h1-5,9-15H,6-7H2,(H2,20,22,23)/b21-16-/t9-,10-,11+,12-,13-,14-,15+,18-/m0/s1. The van der Waals surface area contributed by atoms with Gasteiger partial charge in [0.15, 0.2) is 0 Å². The van der Waals surface area contributed by atoms with Crippen molar-refractivity contribution in [2.45, 2.75) is 17.2 Å². The summed E-state index contributed by atoms with van der Waals surface area (Å²) in [5, 5.41) is 7.45. The predicted octanol–water partition coefficient (Wildman–Crippen LogP) is 3.46. The van der Waals surface area contributed by atoms with E-state index in [0.29, 0.717) is 16.2 Å². The molecule has 0 aliphatic heterocycles. The van der Waals surface area contributed by atoms with Crippen molar-refractivity contribution >= 4 is 33.4 Å². The number of halogens is 1. The number of carbonyl (C=O) groups is 1. The fourth-order valence-electron chi connectivity index (χ4n) is 7.16. The molecule has 0 heterocycles. The molecule has 2 amide bonds. The summed E-state index contributed by atoms with van der Waals surface area (Å²) in [4.78, 5) is 12.1. The second-order valence-corrected chi connectivity index (χ2v) is 9.41. The maximum absolute atomic E-state index is 12.1. The molecule has 0 radical (unpaired) electrons. The first-order valence-corrected chi connectivity index (χ1v) is 9.36. The van der Waals surface area contributed by atoms with E-state index in [1.165, 1.54) is 18.6 Å². The Morgan fingerprint density at radius 3 is 2.83 bits per heavy atom. The molecule has 118 valence electrons. The second kappa shape index (κ2) is 4.00. The average Bonchev–Trinajstić information content (AvgIpc) is 3.24. The van der Waals surface area contributed by atoms with Gasteiger partial charge in [-0.1, -0.05) is 34.1 Å². The highest BCUT2D eigenvalue weighted by atomic mass is 79.9. The fourth-order valence-corrected chi connectivity index (χ4v) is 8.70. The van der Waals surface area contributed by atoms with Gasteiger partial charge >= 0.3 is 6.03 Å². The zero-order valence-electron chi connectivity index (χ0n) is 12.6. The van der Waals surface area contributed by atoms with E-state index in [4.69, 9.17) is 0 Å². The minimum absolute atomic E-state index is 0.245. The molecule has 5 heteroatoms. The van der Waals surface area contributed by atoms with E-state index in [0.717, 1.165) is 35.3 Å². The third kappa shape index (κ3) is 1.36. The second-order valence-electron chi connectivity index (χ2n) is 7.93. The SMILES string of the molecule is O=C(N/N=C1/[C@H]2[C@H]3C[C@H]4[C@H]5C[C@](Br)([C@@H]42)[C@@H]1[C@H]53)Nc1ccccc1. The minimum atomic E-state index is -0.245. The number of nitrogens with one attached hydrogen (secondary N) is 2. The molecule has 0 saturated heterocycles. The highest BCUT2D eigenvalue weighted by Crippen LogP contribution is 2.85. The Bertz CT molecular complexity index is 750. The van der Waals surface area contributed by atoms with Crippen LogP contribution in [0.15, 0.2) is 35.4 Å². The fraction of sp³-hybridized carbons (Fsp3) is 0.556. The van der Waals surface area contributed by atoms with Crippen molar-refractivity contribution < 1.29 is 4.79 Å². The molecular formula is C18H18BrN3O. The number of benzene rings is 1. The quantitative estimate of drug-likeness (QED) is 0.606. The van der Waals surface area contributed by atoms with Crippen molar-refractivity contribution in [3.8, 4) is 0 Å². The number of hydrazone groups is 1. The van der Waals surface area contributed by atoms with Crippen LogP contribution >= 0.6 is 15.9 Å². The van der Waals surface area contributed by atoms with Crippen LogP contribution in [0.2, 0.25) is 0 Å². The lowest BCUT2D eigenvalue weighted by Crippen LogP contribution is -2.39. The number of urea groups is 1. The molecule has 7 rings (SSSR count). The number of alkyl halides is 1. The van der Waals surface area contributed by atoms with E-state index < -0.39 is 0 Å². The molecule has 1 aromatic carbocycles. The van der Waals surface area contributed by atoms with Crippen LogP contribution < -0.4 is 10.7 Å². The van der Waals surface area contributed by atoms with Crippen LogP contribution in [0.1, 0.15) is 12.8 Å². The van der Waals surface area contributed by atoms with Crippen LogP contribution in [-0.4, -0.2) is 16.1 Å². The van der Waals surface area contributed by atoms with Gasteiger partial charge in [-0.15, -0.1) is 0 Å². The van der Waals surface area contributed by atoms with Gasteiger partial charge in [0.05, 0.1) is 0 Å². The zero-order chi connectivity index (χ0) is 15.3. The van der Waals surface area contributed by atoms with E-state index in [1.54, 1.807) is 0 Å². The minimum Gasteiger partial charge on any atom is -0.307 e. The molecular weight excluding hydrogens is 354 g/mol. The molecule has 6 aliphatic rings. The number of rotatable bonds is 2. The molecule has 8 atom stereocenters. The van der Waals surface area contributed by atoms with Crippen molar-refractivity contribution in [2.75, 3.05) is 5.32 Å². The maximum atomic E-state index is 12.1. The molecule has 6 aliphatic carbocycles. The smallest absolute Gasteiger partial charge is 0.307 e. The third-order valence-electron chi connectivity index (χ3n) is 7.38. The molecule has 4 nitrogen and oxygen atoms in total. The Labute approximate surface area is 143 Å². The summed E-state index contributed by atoms with van der Waals surface area (Å²) >= 11 is 4.11. The Hall–Kier alpha value is -1.36. The highest BCUT2D eigenvalue weighted by Gasteiger charge is 2.84. The van der Waals surface area contributed by atoms with E-state index >= 15 is 0 Å². The van der Waals surface area contributed by atoms with Crippen molar-refractivity contribution in [3.05, 3.63) is 30.3 Å². The van der Waals surface area contributed by atoms with Gasteiger partial charge in [0.2, 0.25) is 0 Å². The first-order valence-electron chi connectivity index (χ1n) is 8.57. The van der Waals surface area contributed by atoms with Crippen molar-refractivity contribution in [3.63, 3.8) is 0 Å². The van der Waals surface area contributed by atoms with Gasteiger partial charge in [-0.3, -0.25) is 0 Å². The van der Waals surface area contributed by atoms with E-state index in [9.17, 15) is 4.79 Å². The van der Waals surface area contributed by atoms with Crippen LogP contribution in [0.5, 0.6) is 0 Å². The van der Waals surface area contributed by atoms with E-state index in [1.807, 2.05) is 30.3 Å². The highest BCUT2D eigenvalue weighted by molar-refractivity contribution is 9.10. The summed E-state index contributed by atoms with van der Waals surface area (Å²) in [6.07, 6.45) is 2.74. The average molecular weight is 372 g/mol. The summed E-state index contributed by atoms with van der Waals surface area (Å²) in [6.45, 7) is 0. The summed E-state index contributed by atoms with van der Waals surface area (Å²) < 4.78 is 0.307. The van der Waals surface area contributed by atoms with Gasteiger partial charge in [0.25, 0.3) is 0 Å². The molecule has 23 heavy (non-hydrogen) atoms. The Morgan fingerprint density at radius 1 is 1.22 bits per heavy atom. The van der Waals surface area contributed by atoms with Crippen LogP contribution in [-0.2, 0) is 0 Å². The Morgan fingerprint density at radius 2 is 2.04 bits per heavy atom. The molecule has 0 unspecified atom stereocenters. The molecule has 6 bridgehead atoms. The number of amides is 2. The maximum Gasteiger partial charge on any atom is 0.339 e. The summed E-state index contributed by atoms with van der Waals surface area (Å²) in [5.41, 5.74) is 4.83. The summed E-state index contributed by atoms with van der Waals surface area (Å²) in [7, 11) is 0.